The van der Waals surface area contributed by atoms with E-state index in [1.165, 1.54) is 11.3 Å². The molecule has 0 unspecified atom stereocenters. The van der Waals surface area contributed by atoms with E-state index in [9.17, 15) is 9.59 Å². The summed E-state index contributed by atoms with van der Waals surface area (Å²) in [6, 6.07) is 0. The van der Waals surface area contributed by atoms with Crippen molar-refractivity contribution in [3.05, 3.63) is 48.1 Å². The lowest BCUT2D eigenvalue weighted by atomic mass is 10.1. The second-order valence-electron chi connectivity index (χ2n) is 4.17. The molecule has 0 saturated heterocycles. The molecule has 2 heterocycles. The van der Waals surface area contributed by atoms with E-state index in [-0.39, 0.29) is 23.2 Å². The van der Waals surface area contributed by atoms with Crippen LogP contribution in [0, 0.1) is 0 Å². The predicted octanol–water partition coefficient (Wildman–Crippen LogP) is 1.82. The number of nitrogens with one attached hydrogen (secondary N) is 1. The van der Waals surface area contributed by atoms with Gasteiger partial charge in [0.2, 0.25) is 0 Å². The van der Waals surface area contributed by atoms with Crippen LogP contribution in [0.25, 0.3) is 0 Å². The molecule has 0 saturated carbocycles. The highest BCUT2D eigenvalue weighted by Gasteiger charge is 2.15. The third-order valence-electron chi connectivity index (χ3n) is 2.55. The van der Waals surface area contributed by atoms with Gasteiger partial charge in [0, 0.05) is 11.1 Å². The van der Waals surface area contributed by atoms with E-state index in [4.69, 9.17) is 11.6 Å². The van der Waals surface area contributed by atoms with Crippen LogP contribution in [0.4, 0.5) is 0 Å². The number of nitrogens with zero attached hydrogens (tertiary/aromatic N) is 2. The summed E-state index contributed by atoms with van der Waals surface area (Å²) in [5, 5.41) is 0.126. The van der Waals surface area contributed by atoms with Gasteiger partial charge in [0.1, 0.15) is 5.15 Å². The molecule has 0 aliphatic heterocycles. The van der Waals surface area contributed by atoms with Gasteiger partial charge in [0.15, 0.2) is 0 Å². The first kappa shape index (κ1) is 13.0. The van der Waals surface area contributed by atoms with Crippen LogP contribution in [0.15, 0.2) is 21.3 Å². The number of hydrogen-bond acceptors (Lipinski definition) is 4. The Kier molecular flexibility index (Phi) is 3.68. The zero-order chi connectivity index (χ0) is 13.3. The normalized spacial score (nSPS) is 11.1. The molecule has 5 nitrogen and oxygen atoms in total. The van der Waals surface area contributed by atoms with E-state index >= 15 is 0 Å². The van der Waals surface area contributed by atoms with Gasteiger partial charge in [-0.25, -0.2) is 4.79 Å². The first-order chi connectivity index (χ1) is 8.50. The highest BCUT2D eigenvalue weighted by Crippen LogP contribution is 2.16. The molecule has 7 heteroatoms. The van der Waals surface area contributed by atoms with Crippen molar-refractivity contribution in [3.8, 4) is 0 Å². The molecule has 18 heavy (non-hydrogen) atoms. The van der Waals surface area contributed by atoms with Crippen LogP contribution in [0.2, 0.25) is 5.15 Å². The SMILES string of the molecule is CC(C)c1c(Cl)[nH]c(=O)n(Cc2cncs2)c1=O. The lowest BCUT2D eigenvalue weighted by Gasteiger charge is -2.10. The molecule has 0 aliphatic rings. The smallest absolute Gasteiger partial charge is 0.297 e. The number of rotatable bonds is 3. The summed E-state index contributed by atoms with van der Waals surface area (Å²) in [5.74, 6) is -0.0467. The molecular weight excluding hydrogens is 274 g/mol. The second kappa shape index (κ2) is 5.07. The molecule has 2 rings (SSSR count). The summed E-state index contributed by atoms with van der Waals surface area (Å²) >= 11 is 7.30. The molecule has 0 fully saturated rings. The molecular formula is C11H12ClN3O2S. The molecule has 0 aromatic carbocycles. The highest BCUT2D eigenvalue weighted by atomic mass is 35.5. The van der Waals surface area contributed by atoms with Crippen molar-refractivity contribution in [1.29, 1.82) is 0 Å². The van der Waals surface area contributed by atoms with Gasteiger partial charge in [-0.15, -0.1) is 11.3 Å². The Hall–Kier alpha value is -1.40. The van der Waals surface area contributed by atoms with E-state index in [1.807, 2.05) is 13.8 Å². The summed E-state index contributed by atoms with van der Waals surface area (Å²) in [6.07, 6.45) is 1.64. The minimum Gasteiger partial charge on any atom is -0.297 e. The minimum atomic E-state index is -0.497. The summed E-state index contributed by atoms with van der Waals surface area (Å²) < 4.78 is 1.15. The van der Waals surface area contributed by atoms with Crippen LogP contribution in [0.3, 0.4) is 0 Å². The Morgan fingerprint density at radius 2 is 2.22 bits per heavy atom. The maximum Gasteiger partial charge on any atom is 0.329 e. The van der Waals surface area contributed by atoms with E-state index < -0.39 is 5.69 Å². The fourth-order valence-electron chi connectivity index (χ4n) is 1.68. The Balaban J connectivity index is 2.57. The number of hydrogen-bond donors (Lipinski definition) is 1. The van der Waals surface area contributed by atoms with Gasteiger partial charge < -0.3 is 0 Å². The van der Waals surface area contributed by atoms with Crippen LogP contribution < -0.4 is 11.2 Å². The van der Waals surface area contributed by atoms with Crippen LogP contribution >= 0.6 is 22.9 Å². The molecule has 0 radical (unpaired) electrons. The number of aromatic amines is 1. The van der Waals surface area contributed by atoms with Gasteiger partial charge >= 0.3 is 5.69 Å². The number of aromatic nitrogens is 3. The number of thiazole rings is 1. The maximum absolute atomic E-state index is 12.2. The lowest BCUT2D eigenvalue weighted by Crippen LogP contribution is -2.37. The molecule has 2 aromatic heterocycles. The van der Waals surface area contributed by atoms with Crippen LogP contribution in [-0.4, -0.2) is 14.5 Å². The summed E-state index contributed by atoms with van der Waals surface area (Å²) in [4.78, 5) is 31.3. The molecule has 0 bridgehead atoms. The fourth-order valence-corrected chi connectivity index (χ4v) is 2.64. The second-order valence-corrected chi connectivity index (χ2v) is 5.52. The van der Waals surface area contributed by atoms with Crippen molar-refractivity contribution < 1.29 is 0 Å². The number of H-pyrrole nitrogens is 1. The first-order valence-corrected chi connectivity index (χ1v) is 6.66. The minimum absolute atomic E-state index is 0.0467. The summed E-state index contributed by atoms with van der Waals surface area (Å²) in [6.45, 7) is 3.94. The number of halogens is 1. The Labute approximate surface area is 112 Å². The molecule has 2 aromatic rings. The molecule has 0 aliphatic carbocycles. The molecule has 0 amide bonds. The lowest BCUT2D eigenvalue weighted by molar-refractivity contribution is 0.675. The fraction of sp³-hybridized carbons (Fsp3) is 0.364. The average Bonchev–Trinajstić information content (AvgIpc) is 2.75. The molecule has 1 N–H and O–H groups in total. The van der Waals surface area contributed by atoms with Crippen molar-refractivity contribution in [3.63, 3.8) is 0 Å². The van der Waals surface area contributed by atoms with Gasteiger partial charge in [0.25, 0.3) is 5.56 Å². The van der Waals surface area contributed by atoms with E-state index in [0.717, 1.165) is 9.44 Å². The van der Waals surface area contributed by atoms with Crippen LogP contribution in [-0.2, 0) is 6.54 Å². The topological polar surface area (TPSA) is 67.8 Å². The van der Waals surface area contributed by atoms with Crippen molar-refractivity contribution >= 4 is 22.9 Å². The molecule has 0 atom stereocenters. The third-order valence-corrected chi connectivity index (χ3v) is 3.61. The average molecular weight is 286 g/mol. The highest BCUT2D eigenvalue weighted by molar-refractivity contribution is 7.09. The van der Waals surface area contributed by atoms with Gasteiger partial charge in [-0.05, 0) is 5.92 Å². The van der Waals surface area contributed by atoms with Crippen molar-refractivity contribution in [2.75, 3.05) is 0 Å². The molecule has 96 valence electrons. The first-order valence-electron chi connectivity index (χ1n) is 5.40. The van der Waals surface area contributed by atoms with Crippen molar-refractivity contribution in [2.45, 2.75) is 26.3 Å². The summed E-state index contributed by atoms with van der Waals surface area (Å²) in [7, 11) is 0. The van der Waals surface area contributed by atoms with Crippen LogP contribution in [0.5, 0.6) is 0 Å². The quantitative estimate of drug-likeness (QED) is 0.875. The maximum atomic E-state index is 12.2. The van der Waals surface area contributed by atoms with E-state index in [0.29, 0.717) is 5.56 Å². The van der Waals surface area contributed by atoms with Crippen molar-refractivity contribution in [1.82, 2.24) is 14.5 Å². The Bertz CT molecular complexity index is 658. The van der Waals surface area contributed by atoms with Crippen LogP contribution in [0.1, 0.15) is 30.2 Å². The van der Waals surface area contributed by atoms with Gasteiger partial charge in [-0.3, -0.25) is 19.3 Å². The van der Waals surface area contributed by atoms with Gasteiger partial charge in [-0.1, -0.05) is 25.4 Å². The Morgan fingerprint density at radius 3 is 2.78 bits per heavy atom. The van der Waals surface area contributed by atoms with Gasteiger partial charge in [0.05, 0.1) is 17.6 Å². The Morgan fingerprint density at radius 1 is 1.50 bits per heavy atom. The summed E-state index contributed by atoms with van der Waals surface area (Å²) in [5.41, 5.74) is 1.25. The standard InChI is InChI=1S/C11H12ClN3O2S/c1-6(2)8-9(12)14-11(17)15(10(8)16)4-7-3-13-5-18-7/h3,5-6H,4H2,1-2H3,(H,14,17). The van der Waals surface area contributed by atoms with E-state index in [2.05, 4.69) is 9.97 Å². The predicted molar refractivity (Wildman–Crippen MR) is 71.6 cm³/mol. The monoisotopic (exact) mass is 285 g/mol. The zero-order valence-corrected chi connectivity index (χ0v) is 11.5. The zero-order valence-electron chi connectivity index (χ0n) is 9.94. The van der Waals surface area contributed by atoms with Crippen molar-refractivity contribution in [2.24, 2.45) is 0 Å². The molecule has 0 spiro atoms. The van der Waals surface area contributed by atoms with E-state index in [1.54, 1.807) is 11.7 Å². The third kappa shape index (κ3) is 2.39. The largest absolute Gasteiger partial charge is 0.329 e. The van der Waals surface area contributed by atoms with Gasteiger partial charge in [-0.2, -0.15) is 0 Å².